The smallest absolute Gasteiger partial charge is 0.256 e. The number of anilines is 1. The molecule has 4 heterocycles. The van der Waals surface area contributed by atoms with Crippen molar-refractivity contribution in [3.63, 3.8) is 0 Å². The number of carbonyl (C=O) groups is 1. The highest BCUT2D eigenvalue weighted by atomic mass is 19.1. The molecule has 0 unspecified atom stereocenters. The van der Waals surface area contributed by atoms with Gasteiger partial charge in [-0.1, -0.05) is 30.3 Å². The lowest BCUT2D eigenvalue weighted by Gasteiger charge is -2.28. The van der Waals surface area contributed by atoms with Crippen LogP contribution < -0.4 is 20.8 Å². The number of morpholine rings is 2. The Morgan fingerprint density at radius 1 is 0.864 bits per heavy atom. The molecule has 0 bridgehead atoms. The number of ether oxygens (including phenoxy) is 3. The van der Waals surface area contributed by atoms with Crippen molar-refractivity contribution >= 4 is 33.3 Å². The van der Waals surface area contributed by atoms with E-state index in [1.54, 1.807) is 10.8 Å². The molecule has 4 aromatic rings. The minimum absolute atomic E-state index is 0.0387. The molecule has 0 radical (unpaired) electrons. The summed E-state index contributed by atoms with van der Waals surface area (Å²) in [6.45, 7) is 8.62. The van der Waals surface area contributed by atoms with Crippen LogP contribution in [0.25, 0.3) is 27.4 Å². The molecular weight excluding hydrogens is 565 g/mol. The summed E-state index contributed by atoms with van der Waals surface area (Å²) in [4.78, 5) is 31.7. The van der Waals surface area contributed by atoms with Gasteiger partial charge in [-0.15, -0.1) is 0 Å². The maximum absolute atomic E-state index is 15.9. The van der Waals surface area contributed by atoms with Gasteiger partial charge in [0.05, 0.1) is 37.5 Å². The number of nitrogens with one attached hydrogen (secondary N) is 2. The van der Waals surface area contributed by atoms with Gasteiger partial charge in [-0.05, 0) is 30.5 Å². The molecule has 2 fully saturated rings. The molecule has 0 aliphatic carbocycles. The predicted molar refractivity (Wildman–Crippen MR) is 167 cm³/mol. The average Bonchev–Trinajstić information content (AvgIpc) is 3.06. The van der Waals surface area contributed by atoms with E-state index in [1.165, 1.54) is 6.07 Å². The van der Waals surface area contributed by atoms with Crippen molar-refractivity contribution in [2.45, 2.75) is 6.42 Å². The number of halogens is 1. The van der Waals surface area contributed by atoms with Crippen LogP contribution in [-0.2, 0) is 9.47 Å². The van der Waals surface area contributed by atoms with E-state index in [4.69, 9.17) is 14.2 Å². The molecule has 2 saturated heterocycles. The lowest BCUT2D eigenvalue weighted by atomic mass is 10.0. The molecule has 1 amide bonds. The third-order valence-corrected chi connectivity index (χ3v) is 8.64. The van der Waals surface area contributed by atoms with Gasteiger partial charge < -0.3 is 29.4 Å². The van der Waals surface area contributed by atoms with E-state index in [1.807, 2.05) is 36.4 Å². The SMILES string of the molecule is O=C(NCCCN1CCOCC1)c1cn2c3c(c(NCCN4CCOCC4)c(F)cc3c1=O)Oc1c-2ccc2ccccc12. The van der Waals surface area contributed by atoms with Gasteiger partial charge >= 0.3 is 0 Å². The van der Waals surface area contributed by atoms with Crippen LogP contribution in [0.5, 0.6) is 11.5 Å². The fourth-order valence-corrected chi connectivity index (χ4v) is 6.26. The van der Waals surface area contributed by atoms with E-state index in [9.17, 15) is 9.59 Å². The monoisotopic (exact) mass is 601 g/mol. The summed E-state index contributed by atoms with van der Waals surface area (Å²) in [7, 11) is 0. The molecule has 10 nitrogen and oxygen atoms in total. The van der Waals surface area contributed by atoms with E-state index < -0.39 is 17.2 Å². The van der Waals surface area contributed by atoms with E-state index in [-0.39, 0.29) is 22.4 Å². The molecule has 230 valence electrons. The molecule has 0 atom stereocenters. The number of pyridine rings is 1. The largest absolute Gasteiger partial charge is 0.450 e. The first kappa shape index (κ1) is 28.7. The number of carbonyl (C=O) groups excluding carboxylic acids is 1. The Morgan fingerprint density at radius 2 is 1.59 bits per heavy atom. The first-order valence-corrected chi connectivity index (χ1v) is 15.3. The Hall–Kier alpha value is -4.03. The van der Waals surface area contributed by atoms with E-state index >= 15 is 4.39 Å². The topological polar surface area (TPSA) is 97.3 Å². The van der Waals surface area contributed by atoms with Crippen LogP contribution in [-0.4, -0.2) is 99.1 Å². The quantitative estimate of drug-likeness (QED) is 0.248. The zero-order chi connectivity index (χ0) is 30.0. The second kappa shape index (κ2) is 12.5. The van der Waals surface area contributed by atoms with Gasteiger partial charge in [0.1, 0.15) is 16.8 Å². The number of rotatable bonds is 9. The van der Waals surface area contributed by atoms with Crippen molar-refractivity contribution in [2.75, 3.05) is 84.1 Å². The Balaban J connectivity index is 1.24. The summed E-state index contributed by atoms with van der Waals surface area (Å²) in [6.07, 6.45) is 2.31. The average molecular weight is 602 g/mol. The van der Waals surface area contributed by atoms with Crippen molar-refractivity contribution in [3.8, 4) is 17.2 Å². The number of benzene rings is 3. The number of fused-ring (bicyclic) bond motifs is 4. The van der Waals surface area contributed by atoms with Crippen molar-refractivity contribution in [1.29, 1.82) is 0 Å². The van der Waals surface area contributed by atoms with Gasteiger partial charge in [0.25, 0.3) is 5.91 Å². The van der Waals surface area contributed by atoms with Gasteiger partial charge in [0, 0.05) is 57.4 Å². The van der Waals surface area contributed by atoms with Crippen LogP contribution in [0.4, 0.5) is 10.1 Å². The lowest BCUT2D eigenvalue weighted by Crippen LogP contribution is -2.39. The highest BCUT2D eigenvalue weighted by Gasteiger charge is 2.29. The Morgan fingerprint density at radius 3 is 2.36 bits per heavy atom. The Labute approximate surface area is 254 Å². The third kappa shape index (κ3) is 5.52. The molecule has 0 saturated carbocycles. The molecule has 44 heavy (non-hydrogen) atoms. The summed E-state index contributed by atoms with van der Waals surface area (Å²) in [5.41, 5.74) is 0.723. The normalized spacial score (nSPS) is 16.9. The Kier molecular flexibility index (Phi) is 8.18. The lowest BCUT2D eigenvalue weighted by molar-refractivity contribution is 0.0374. The molecule has 2 N–H and O–H groups in total. The fraction of sp³-hybridized carbons (Fsp3) is 0.394. The van der Waals surface area contributed by atoms with Gasteiger partial charge in [-0.2, -0.15) is 0 Å². The summed E-state index contributed by atoms with van der Waals surface area (Å²) < 4.78 is 35.0. The number of aromatic nitrogens is 1. The van der Waals surface area contributed by atoms with Crippen molar-refractivity contribution in [1.82, 2.24) is 19.7 Å². The number of hydrogen-bond donors (Lipinski definition) is 2. The number of nitrogens with zero attached hydrogens (tertiary/aromatic N) is 3. The summed E-state index contributed by atoms with van der Waals surface area (Å²) in [5.74, 6) is -0.310. The molecule has 3 aliphatic heterocycles. The highest BCUT2D eigenvalue weighted by Crippen LogP contribution is 2.47. The minimum Gasteiger partial charge on any atom is -0.450 e. The van der Waals surface area contributed by atoms with Gasteiger partial charge in [0.15, 0.2) is 17.3 Å². The molecule has 0 spiro atoms. The van der Waals surface area contributed by atoms with Crippen LogP contribution in [0.3, 0.4) is 0 Å². The van der Waals surface area contributed by atoms with Gasteiger partial charge in [-0.25, -0.2) is 4.39 Å². The standard InChI is InChI=1S/C33H36FN5O5/c34-26-20-24-29-32(28(26)35-9-11-38-14-18-43-19-15-38)44-31-23-5-2-1-4-22(23)6-7-27(31)39(29)21-25(30(24)40)33(41)36-8-3-10-37-12-16-42-17-13-37/h1-2,4-7,20-21,35H,3,8-19H2,(H,36,41). The maximum atomic E-state index is 15.9. The first-order valence-electron chi connectivity index (χ1n) is 15.3. The van der Waals surface area contributed by atoms with E-state index in [2.05, 4.69) is 20.4 Å². The van der Waals surface area contributed by atoms with Crippen LogP contribution in [0.1, 0.15) is 16.8 Å². The van der Waals surface area contributed by atoms with E-state index in [0.29, 0.717) is 63.0 Å². The maximum Gasteiger partial charge on any atom is 0.256 e. The minimum atomic E-state index is -0.607. The molecule has 3 aromatic carbocycles. The van der Waals surface area contributed by atoms with Crippen LogP contribution in [0.2, 0.25) is 0 Å². The van der Waals surface area contributed by atoms with Crippen LogP contribution in [0.15, 0.2) is 53.5 Å². The molecular formula is C33H36FN5O5. The summed E-state index contributed by atoms with van der Waals surface area (Å²) in [5, 5.41) is 8.05. The van der Waals surface area contributed by atoms with Crippen LogP contribution >= 0.6 is 0 Å². The zero-order valence-corrected chi connectivity index (χ0v) is 24.6. The number of hydrogen-bond acceptors (Lipinski definition) is 8. The molecule has 3 aliphatic rings. The molecule has 1 aromatic heterocycles. The first-order chi connectivity index (χ1) is 21.6. The summed E-state index contributed by atoms with van der Waals surface area (Å²) in [6, 6.07) is 12.9. The molecule has 11 heteroatoms. The van der Waals surface area contributed by atoms with Crippen LogP contribution in [0, 0.1) is 5.82 Å². The summed E-state index contributed by atoms with van der Waals surface area (Å²) >= 11 is 0. The number of amides is 1. The van der Waals surface area contributed by atoms with E-state index in [0.717, 1.165) is 49.9 Å². The third-order valence-electron chi connectivity index (χ3n) is 8.64. The zero-order valence-electron chi connectivity index (χ0n) is 24.6. The van der Waals surface area contributed by atoms with Gasteiger partial charge in [0.2, 0.25) is 5.43 Å². The van der Waals surface area contributed by atoms with Crippen molar-refractivity contribution in [2.24, 2.45) is 0 Å². The molecule has 7 rings (SSSR count). The fourth-order valence-electron chi connectivity index (χ4n) is 6.26. The van der Waals surface area contributed by atoms with Gasteiger partial charge in [-0.3, -0.25) is 19.4 Å². The predicted octanol–water partition coefficient (Wildman–Crippen LogP) is 3.58. The van der Waals surface area contributed by atoms with Crippen molar-refractivity contribution in [3.05, 3.63) is 70.3 Å². The second-order valence-electron chi connectivity index (χ2n) is 11.4. The van der Waals surface area contributed by atoms with Crippen molar-refractivity contribution < 1.29 is 23.4 Å². The Bertz CT molecular complexity index is 1760. The highest BCUT2D eigenvalue weighted by molar-refractivity contribution is 6.03. The second-order valence-corrected chi connectivity index (χ2v) is 11.4.